The van der Waals surface area contributed by atoms with Crippen molar-refractivity contribution in [3.05, 3.63) is 109 Å². The number of hydrogen-bond acceptors (Lipinski definition) is 6. The maximum Gasteiger partial charge on any atom is 0.306 e. The van der Waals surface area contributed by atoms with Gasteiger partial charge >= 0.3 is 17.9 Å². The van der Waals surface area contributed by atoms with Crippen molar-refractivity contribution in [1.82, 2.24) is 0 Å². The monoisotopic (exact) mass is 985 g/mol. The summed E-state index contributed by atoms with van der Waals surface area (Å²) in [5, 5.41) is 0. The maximum absolute atomic E-state index is 12.9. The SMILES string of the molecule is CC/C=C\C/C=C\C/C=C\C/C=C\C/C=C\CCCCCCCCCC(=O)OCC(COC(=O)CCCCCCC/C=C\C/C=C\CCCC)OC(=O)CCCCCCC/C=C\C/C=C\CCCCCC. The molecule has 0 N–H and O–H groups in total. The van der Waals surface area contributed by atoms with E-state index in [9.17, 15) is 14.4 Å². The summed E-state index contributed by atoms with van der Waals surface area (Å²) in [4.78, 5) is 38.2. The van der Waals surface area contributed by atoms with E-state index in [2.05, 4.69) is 130 Å². The van der Waals surface area contributed by atoms with E-state index in [4.69, 9.17) is 14.2 Å². The Balaban J connectivity index is 4.42. The van der Waals surface area contributed by atoms with Crippen LogP contribution in [0.5, 0.6) is 0 Å². The quantitative estimate of drug-likeness (QED) is 0.0261. The molecule has 0 fully saturated rings. The van der Waals surface area contributed by atoms with Crippen molar-refractivity contribution in [2.45, 2.75) is 271 Å². The lowest BCUT2D eigenvalue weighted by atomic mass is 10.1. The van der Waals surface area contributed by atoms with Gasteiger partial charge in [-0.05, 0) is 122 Å². The molecular formula is C65H108O6. The Kier molecular flexibility index (Phi) is 55.4. The minimum Gasteiger partial charge on any atom is -0.462 e. The molecule has 1 atom stereocenters. The Morgan fingerprint density at radius 1 is 0.296 bits per heavy atom. The Bertz CT molecular complexity index is 1460. The van der Waals surface area contributed by atoms with Gasteiger partial charge in [-0.15, -0.1) is 0 Å². The number of allylic oxidation sites excluding steroid dienone is 18. The van der Waals surface area contributed by atoms with Crippen molar-refractivity contribution >= 4 is 17.9 Å². The largest absolute Gasteiger partial charge is 0.462 e. The second kappa shape index (κ2) is 58.6. The predicted molar refractivity (Wildman–Crippen MR) is 307 cm³/mol. The molecule has 0 aromatic carbocycles. The van der Waals surface area contributed by atoms with Gasteiger partial charge in [0.1, 0.15) is 13.2 Å². The van der Waals surface area contributed by atoms with Crippen LogP contribution in [0.2, 0.25) is 0 Å². The zero-order valence-electron chi connectivity index (χ0n) is 46.2. The molecule has 0 saturated heterocycles. The van der Waals surface area contributed by atoms with Gasteiger partial charge in [-0.1, -0.05) is 233 Å². The maximum atomic E-state index is 12.9. The molecule has 0 aliphatic carbocycles. The van der Waals surface area contributed by atoms with Crippen molar-refractivity contribution < 1.29 is 28.6 Å². The molecule has 404 valence electrons. The van der Waals surface area contributed by atoms with Crippen LogP contribution in [-0.2, 0) is 28.6 Å². The first-order valence-electron chi connectivity index (χ1n) is 29.4. The molecule has 0 rings (SSSR count). The Morgan fingerprint density at radius 3 is 0.901 bits per heavy atom. The summed E-state index contributed by atoms with van der Waals surface area (Å²) < 4.78 is 16.9. The molecule has 0 aromatic heterocycles. The van der Waals surface area contributed by atoms with E-state index in [-0.39, 0.29) is 31.1 Å². The van der Waals surface area contributed by atoms with E-state index in [1.807, 2.05) is 0 Å². The zero-order valence-corrected chi connectivity index (χ0v) is 46.2. The van der Waals surface area contributed by atoms with Gasteiger partial charge in [0, 0.05) is 19.3 Å². The van der Waals surface area contributed by atoms with Gasteiger partial charge in [0.25, 0.3) is 0 Å². The van der Waals surface area contributed by atoms with Gasteiger partial charge in [0.2, 0.25) is 0 Å². The molecule has 0 radical (unpaired) electrons. The van der Waals surface area contributed by atoms with Crippen LogP contribution in [0.25, 0.3) is 0 Å². The Labute approximate surface area is 438 Å². The molecule has 0 heterocycles. The van der Waals surface area contributed by atoms with Crippen LogP contribution in [-0.4, -0.2) is 37.2 Å². The number of unbranched alkanes of at least 4 members (excludes halogenated alkanes) is 23. The van der Waals surface area contributed by atoms with Crippen molar-refractivity contribution in [2.24, 2.45) is 0 Å². The van der Waals surface area contributed by atoms with E-state index in [1.54, 1.807) is 0 Å². The average Bonchev–Trinajstić information content (AvgIpc) is 3.37. The second-order valence-corrected chi connectivity index (χ2v) is 19.2. The second-order valence-electron chi connectivity index (χ2n) is 19.2. The van der Waals surface area contributed by atoms with Crippen LogP contribution in [0.1, 0.15) is 265 Å². The summed E-state index contributed by atoms with van der Waals surface area (Å²) in [6.45, 7) is 6.44. The topological polar surface area (TPSA) is 78.9 Å². The molecule has 6 heteroatoms. The molecule has 0 spiro atoms. The summed E-state index contributed by atoms with van der Waals surface area (Å²) >= 11 is 0. The molecule has 0 aliphatic rings. The predicted octanol–water partition coefficient (Wildman–Crippen LogP) is 19.9. The van der Waals surface area contributed by atoms with E-state index >= 15 is 0 Å². The first-order chi connectivity index (χ1) is 35.0. The first kappa shape index (κ1) is 67.1. The van der Waals surface area contributed by atoms with Gasteiger partial charge in [-0.25, -0.2) is 0 Å². The number of hydrogen-bond donors (Lipinski definition) is 0. The van der Waals surface area contributed by atoms with E-state index in [1.165, 1.54) is 77.0 Å². The van der Waals surface area contributed by atoms with Crippen molar-refractivity contribution in [1.29, 1.82) is 0 Å². The lowest BCUT2D eigenvalue weighted by molar-refractivity contribution is -0.167. The van der Waals surface area contributed by atoms with Crippen LogP contribution in [0, 0.1) is 0 Å². The van der Waals surface area contributed by atoms with Crippen molar-refractivity contribution in [3.8, 4) is 0 Å². The van der Waals surface area contributed by atoms with Crippen molar-refractivity contribution in [2.75, 3.05) is 13.2 Å². The highest BCUT2D eigenvalue weighted by molar-refractivity contribution is 5.71. The minimum absolute atomic E-state index is 0.0956. The lowest BCUT2D eigenvalue weighted by Gasteiger charge is -2.18. The Hall–Kier alpha value is -3.93. The van der Waals surface area contributed by atoms with Gasteiger partial charge in [0.05, 0.1) is 0 Å². The molecule has 0 saturated carbocycles. The third kappa shape index (κ3) is 56.9. The fourth-order valence-corrected chi connectivity index (χ4v) is 7.81. The van der Waals surface area contributed by atoms with Crippen LogP contribution < -0.4 is 0 Å². The summed E-state index contributed by atoms with van der Waals surface area (Å²) in [5.41, 5.74) is 0. The molecule has 0 aliphatic heterocycles. The Morgan fingerprint density at radius 2 is 0.563 bits per heavy atom. The summed E-state index contributed by atoms with van der Waals surface area (Å²) in [7, 11) is 0. The van der Waals surface area contributed by atoms with E-state index in [0.29, 0.717) is 19.3 Å². The van der Waals surface area contributed by atoms with Gasteiger partial charge in [-0.3, -0.25) is 14.4 Å². The average molecular weight is 986 g/mol. The highest BCUT2D eigenvalue weighted by Crippen LogP contribution is 2.14. The van der Waals surface area contributed by atoms with Gasteiger partial charge in [-0.2, -0.15) is 0 Å². The van der Waals surface area contributed by atoms with Crippen LogP contribution in [0.15, 0.2) is 109 Å². The molecular weight excluding hydrogens is 877 g/mol. The third-order valence-corrected chi connectivity index (χ3v) is 12.2. The highest BCUT2D eigenvalue weighted by Gasteiger charge is 2.19. The summed E-state index contributed by atoms with van der Waals surface area (Å²) in [6.07, 6.45) is 79.3. The van der Waals surface area contributed by atoms with Crippen LogP contribution in [0.4, 0.5) is 0 Å². The smallest absolute Gasteiger partial charge is 0.306 e. The van der Waals surface area contributed by atoms with Crippen LogP contribution >= 0.6 is 0 Å². The number of carbonyl (C=O) groups excluding carboxylic acids is 3. The molecule has 71 heavy (non-hydrogen) atoms. The van der Waals surface area contributed by atoms with E-state index < -0.39 is 6.10 Å². The van der Waals surface area contributed by atoms with Crippen LogP contribution in [0.3, 0.4) is 0 Å². The first-order valence-corrected chi connectivity index (χ1v) is 29.4. The fraction of sp³-hybridized carbons (Fsp3) is 0.677. The molecule has 6 nitrogen and oxygen atoms in total. The molecule has 0 aromatic rings. The summed E-state index contributed by atoms with van der Waals surface area (Å²) in [5.74, 6) is -0.932. The number of rotatable bonds is 52. The number of carbonyl (C=O) groups is 3. The van der Waals surface area contributed by atoms with E-state index in [0.717, 1.165) is 148 Å². The minimum atomic E-state index is -0.799. The standard InChI is InChI=1S/C65H108O6/c1-4-7-10-13-16-19-22-25-28-30-31-32-33-34-35-36-38-40-43-46-49-52-55-58-64(67)70-61-62(60-69-63(66)57-54-51-48-45-42-39-27-24-21-18-15-12-9-6-3)71-65(68)59-56-53-50-47-44-41-37-29-26-23-20-17-14-11-8-5-2/h7,10,15-16,18-20,23-25,27-29,31-32,34-35,37,62H,4-6,8-9,11-14,17,21-22,26,30,33,36,38-61H2,1-3H3/b10-7-,18-15-,19-16-,23-20-,27-24-,28-25-,32-31-,35-34-,37-29-. The number of esters is 3. The number of ether oxygens (including phenoxy) is 3. The normalized spacial score (nSPS) is 12.9. The van der Waals surface area contributed by atoms with Gasteiger partial charge < -0.3 is 14.2 Å². The summed E-state index contributed by atoms with van der Waals surface area (Å²) in [6, 6.07) is 0. The lowest BCUT2D eigenvalue weighted by Crippen LogP contribution is -2.30. The molecule has 0 bridgehead atoms. The zero-order chi connectivity index (χ0) is 51.4. The fourth-order valence-electron chi connectivity index (χ4n) is 7.81. The molecule has 0 amide bonds. The third-order valence-electron chi connectivity index (χ3n) is 12.2. The highest BCUT2D eigenvalue weighted by atomic mass is 16.6. The molecule has 1 unspecified atom stereocenters. The van der Waals surface area contributed by atoms with Crippen molar-refractivity contribution in [3.63, 3.8) is 0 Å². The van der Waals surface area contributed by atoms with Gasteiger partial charge in [0.15, 0.2) is 6.10 Å².